The van der Waals surface area contributed by atoms with Crippen molar-refractivity contribution in [3.05, 3.63) is 60.2 Å². The minimum absolute atomic E-state index is 0.0449. The summed E-state index contributed by atoms with van der Waals surface area (Å²) in [4.78, 5) is 14.1. The molecule has 5 heteroatoms. The van der Waals surface area contributed by atoms with Gasteiger partial charge in [-0.2, -0.15) is 0 Å². The van der Waals surface area contributed by atoms with Crippen molar-refractivity contribution in [1.82, 2.24) is 10.2 Å². The Morgan fingerprint density at radius 1 is 1.08 bits per heavy atom. The van der Waals surface area contributed by atoms with E-state index >= 15 is 0 Å². The molecule has 0 bridgehead atoms. The van der Waals surface area contributed by atoms with E-state index in [1.807, 2.05) is 61.6 Å². The Kier molecular flexibility index (Phi) is 5.90. The average molecular weight is 340 g/mol. The zero-order valence-electron chi connectivity index (χ0n) is 14.5. The maximum atomic E-state index is 12.3. The lowest BCUT2D eigenvalue weighted by atomic mass is 10.1. The van der Waals surface area contributed by atoms with Gasteiger partial charge in [0.25, 0.3) is 0 Å². The van der Waals surface area contributed by atoms with Crippen molar-refractivity contribution in [2.45, 2.75) is 25.4 Å². The average Bonchev–Trinajstić information content (AvgIpc) is 2.68. The molecule has 3 rings (SSSR count). The van der Waals surface area contributed by atoms with Gasteiger partial charge in [-0.3, -0.25) is 0 Å². The Morgan fingerprint density at radius 3 is 2.40 bits per heavy atom. The topological polar surface area (TPSA) is 50.8 Å². The van der Waals surface area contributed by atoms with Crippen LogP contribution in [-0.4, -0.2) is 37.2 Å². The van der Waals surface area contributed by atoms with Crippen LogP contribution in [-0.2, 0) is 11.3 Å². The van der Waals surface area contributed by atoms with Gasteiger partial charge in [-0.1, -0.05) is 30.3 Å². The minimum Gasteiger partial charge on any atom is -0.457 e. The first kappa shape index (κ1) is 17.3. The van der Waals surface area contributed by atoms with E-state index in [-0.39, 0.29) is 12.1 Å². The summed E-state index contributed by atoms with van der Waals surface area (Å²) in [6.07, 6.45) is 1.80. The lowest BCUT2D eigenvalue weighted by molar-refractivity contribution is 0.0525. The monoisotopic (exact) mass is 340 g/mol. The lowest BCUT2D eigenvalue weighted by Gasteiger charge is -2.31. The number of urea groups is 1. The van der Waals surface area contributed by atoms with Gasteiger partial charge in [0, 0.05) is 32.8 Å². The summed E-state index contributed by atoms with van der Waals surface area (Å²) in [6, 6.07) is 17.6. The highest BCUT2D eigenvalue weighted by molar-refractivity contribution is 5.74. The normalized spacial score (nSPS) is 14.8. The van der Waals surface area contributed by atoms with Crippen LogP contribution in [0.2, 0.25) is 0 Å². The maximum absolute atomic E-state index is 12.3. The molecule has 2 aromatic rings. The number of nitrogens with zero attached hydrogens (tertiary/aromatic N) is 1. The number of hydrogen-bond acceptors (Lipinski definition) is 3. The minimum atomic E-state index is -0.0449. The van der Waals surface area contributed by atoms with Crippen molar-refractivity contribution in [3.8, 4) is 11.5 Å². The first-order chi connectivity index (χ1) is 12.2. The molecule has 0 saturated carbocycles. The van der Waals surface area contributed by atoms with Gasteiger partial charge in [0.15, 0.2) is 0 Å². The number of rotatable bonds is 5. The van der Waals surface area contributed by atoms with E-state index in [4.69, 9.17) is 9.47 Å². The second kappa shape index (κ2) is 8.53. The Hall–Kier alpha value is -2.53. The van der Waals surface area contributed by atoms with Crippen LogP contribution in [0.4, 0.5) is 4.79 Å². The second-order valence-corrected chi connectivity index (χ2v) is 6.17. The van der Waals surface area contributed by atoms with Gasteiger partial charge in [-0.25, -0.2) is 4.79 Å². The van der Waals surface area contributed by atoms with Crippen LogP contribution in [0.25, 0.3) is 0 Å². The molecule has 0 aliphatic carbocycles. The first-order valence-corrected chi connectivity index (χ1v) is 8.62. The summed E-state index contributed by atoms with van der Waals surface area (Å²) in [5.41, 5.74) is 1.04. The quantitative estimate of drug-likeness (QED) is 0.901. The molecule has 0 radical (unpaired) electrons. The van der Waals surface area contributed by atoms with Crippen LogP contribution < -0.4 is 10.1 Å². The lowest BCUT2D eigenvalue weighted by Crippen LogP contribution is -2.45. The molecule has 25 heavy (non-hydrogen) atoms. The predicted octanol–water partition coefficient (Wildman–Crippen LogP) is 3.80. The fraction of sp³-hybridized carbons (Fsp3) is 0.350. The number of benzene rings is 2. The van der Waals surface area contributed by atoms with Gasteiger partial charge in [-0.15, -0.1) is 0 Å². The van der Waals surface area contributed by atoms with Gasteiger partial charge in [0.2, 0.25) is 0 Å². The van der Waals surface area contributed by atoms with Gasteiger partial charge in [0.1, 0.15) is 11.5 Å². The van der Waals surface area contributed by atoms with E-state index in [9.17, 15) is 4.79 Å². The summed E-state index contributed by atoms with van der Waals surface area (Å²) in [6.45, 7) is 1.95. The number of para-hydroxylation sites is 1. The highest BCUT2D eigenvalue weighted by atomic mass is 16.5. The third-order valence-corrected chi connectivity index (χ3v) is 4.40. The van der Waals surface area contributed by atoms with Gasteiger partial charge >= 0.3 is 6.03 Å². The van der Waals surface area contributed by atoms with Crippen molar-refractivity contribution in [1.29, 1.82) is 0 Å². The molecule has 5 nitrogen and oxygen atoms in total. The summed E-state index contributed by atoms with van der Waals surface area (Å²) >= 11 is 0. The van der Waals surface area contributed by atoms with E-state index in [1.165, 1.54) is 0 Å². The summed E-state index contributed by atoms with van der Waals surface area (Å²) in [5, 5.41) is 2.97. The van der Waals surface area contributed by atoms with E-state index in [1.54, 1.807) is 4.90 Å². The maximum Gasteiger partial charge on any atom is 0.317 e. The Labute approximate surface area is 148 Å². The Balaban J connectivity index is 1.48. The number of amides is 2. The third-order valence-electron chi connectivity index (χ3n) is 4.40. The third kappa shape index (κ3) is 4.97. The van der Waals surface area contributed by atoms with Crippen molar-refractivity contribution in [2.75, 3.05) is 20.3 Å². The van der Waals surface area contributed by atoms with Crippen molar-refractivity contribution >= 4 is 6.03 Å². The molecule has 0 aromatic heterocycles. The molecule has 0 spiro atoms. The molecule has 0 atom stereocenters. The highest BCUT2D eigenvalue weighted by Gasteiger charge is 2.22. The molecule has 1 fully saturated rings. The van der Waals surface area contributed by atoms with Gasteiger partial charge in [-0.05, 0) is 42.7 Å². The standard InChI is InChI=1S/C20H24N2O3/c1-22(17-11-13-24-14-12-17)20(23)21-15-16-7-9-19(10-8-16)25-18-5-3-2-4-6-18/h2-10,17H,11-15H2,1H3,(H,21,23). The zero-order valence-corrected chi connectivity index (χ0v) is 14.5. The molecule has 2 amide bonds. The van der Waals surface area contributed by atoms with Crippen LogP contribution in [0.15, 0.2) is 54.6 Å². The number of nitrogens with one attached hydrogen (secondary N) is 1. The SMILES string of the molecule is CN(C(=O)NCc1ccc(Oc2ccccc2)cc1)C1CCOCC1. The van der Waals surface area contributed by atoms with Gasteiger partial charge < -0.3 is 19.7 Å². The fourth-order valence-electron chi connectivity index (χ4n) is 2.84. The molecule has 1 aliphatic rings. The smallest absolute Gasteiger partial charge is 0.317 e. The van der Waals surface area contributed by atoms with E-state index in [0.29, 0.717) is 6.54 Å². The molecule has 1 N–H and O–H groups in total. The highest BCUT2D eigenvalue weighted by Crippen LogP contribution is 2.21. The molecule has 132 valence electrons. The summed E-state index contributed by atoms with van der Waals surface area (Å²) in [5.74, 6) is 1.59. The van der Waals surface area contributed by atoms with Crippen LogP contribution in [0.3, 0.4) is 0 Å². The largest absolute Gasteiger partial charge is 0.457 e. The molecular formula is C20H24N2O3. The number of hydrogen-bond donors (Lipinski definition) is 1. The van der Waals surface area contributed by atoms with E-state index in [2.05, 4.69) is 5.32 Å². The van der Waals surface area contributed by atoms with Crippen molar-refractivity contribution < 1.29 is 14.3 Å². The number of carbonyl (C=O) groups excluding carboxylic acids is 1. The van der Waals surface area contributed by atoms with Crippen LogP contribution in [0.5, 0.6) is 11.5 Å². The molecule has 1 aliphatic heterocycles. The number of ether oxygens (including phenoxy) is 2. The summed E-state index contributed by atoms with van der Waals surface area (Å²) in [7, 11) is 1.85. The fourth-order valence-corrected chi connectivity index (χ4v) is 2.84. The van der Waals surface area contributed by atoms with Crippen LogP contribution in [0, 0.1) is 0 Å². The van der Waals surface area contributed by atoms with Gasteiger partial charge in [0.05, 0.1) is 0 Å². The zero-order chi connectivity index (χ0) is 17.5. The Bertz CT molecular complexity index is 667. The van der Waals surface area contributed by atoms with Crippen molar-refractivity contribution in [3.63, 3.8) is 0 Å². The molecule has 0 unspecified atom stereocenters. The number of carbonyl (C=O) groups is 1. The first-order valence-electron chi connectivity index (χ1n) is 8.62. The molecule has 2 aromatic carbocycles. The molecule has 1 saturated heterocycles. The van der Waals surface area contributed by atoms with E-state index < -0.39 is 0 Å². The predicted molar refractivity (Wildman–Crippen MR) is 96.8 cm³/mol. The molecule has 1 heterocycles. The Morgan fingerprint density at radius 2 is 1.72 bits per heavy atom. The van der Waals surface area contributed by atoms with E-state index in [0.717, 1.165) is 43.1 Å². The second-order valence-electron chi connectivity index (χ2n) is 6.17. The molecular weight excluding hydrogens is 316 g/mol. The van der Waals surface area contributed by atoms with Crippen LogP contribution in [0.1, 0.15) is 18.4 Å². The van der Waals surface area contributed by atoms with Crippen LogP contribution >= 0.6 is 0 Å². The summed E-state index contributed by atoms with van der Waals surface area (Å²) < 4.78 is 11.1. The van der Waals surface area contributed by atoms with Crippen molar-refractivity contribution in [2.24, 2.45) is 0 Å².